The second-order valence-electron chi connectivity index (χ2n) is 7.42. The van der Waals surface area contributed by atoms with Gasteiger partial charge in [0.15, 0.2) is 5.13 Å². The zero-order valence-corrected chi connectivity index (χ0v) is 19.9. The highest BCUT2D eigenvalue weighted by Crippen LogP contribution is 2.30. The van der Waals surface area contributed by atoms with E-state index < -0.39 is 0 Å². The lowest BCUT2D eigenvalue weighted by atomic mass is 10.1. The quantitative estimate of drug-likeness (QED) is 0.304. The van der Waals surface area contributed by atoms with E-state index in [1.54, 1.807) is 6.07 Å². The van der Waals surface area contributed by atoms with Gasteiger partial charge in [-0.3, -0.25) is 9.59 Å². The van der Waals surface area contributed by atoms with Crippen LogP contribution in [0.4, 0.5) is 10.8 Å². The summed E-state index contributed by atoms with van der Waals surface area (Å²) >= 11 is 2.91. The Morgan fingerprint density at radius 1 is 0.879 bits per heavy atom. The molecule has 166 valence electrons. The molecule has 0 saturated heterocycles. The van der Waals surface area contributed by atoms with Crippen LogP contribution >= 0.6 is 23.1 Å². The number of thiazole rings is 1. The summed E-state index contributed by atoms with van der Waals surface area (Å²) in [6.07, 6.45) is 0. The van der Waals surface area contributed by atoms with E-state index in [1.807, 2.05) is 86.6 Å². The number of aromatic nitrogens is 1. The highest BCUT2D eigenvalue weighted by Gasteiger charge is 2.13. The maximum atomic E-state index is 12.5. The van der Waals surface area contributed by atoms with Crippen molar-refractivity contribution in [2.45, 2.75) is 18.7 Å². The Morgan fingerprint density at radius 2 is 1.58 bits per heavy atom. The van der Waals surface area contributed by atoms with E-state index in [2.05, 4.69) is 15.6 Å². The molecule has 0 unspecified atom stereocenters. The smallest absolute Gasteiger partial charge is 0.255 e. The molecule has 0 atom stereocenters. The number of hydrogen-bond donors (Lipinski definition) is 2. The van der Waals surface area contributed by atoms with E-state index in [0.29, 0.717) is 16.4 Å². The molecule has 3 aromatic carbocycles. The summed E-state index contributed by atoms with van der Waals surface area (Å²) in [7, 11) is 0. The molecule has 4 rings (SSSR count). The van der Waals surface area contributed by atoms with E-state index in [1.165, 1.54) is 23.1 Å². The minimum absolute atomic E-state index is 0.106. The average molecular weight is 474 g/mol. The van der Waals surface area contributed by atoms with Gasteiger partial charge in [0.2, 0.25) is 5.91 Å². The van der Waals surface area contributed by atoms with Crippen molar-refractivity contribution in [3.8, 4) is 11.3 Å². The van der Waals surface area contributed by atoms with Crippen molar-refractivity contribution >= 4 is 45.7 Å². The standard InChI is InChI=1S/C26H23N3O2S2/c1-17-8-6-7-11-22(17)25(31)27-20-12-14-21(15-13-20)32-16-23(30)28-26-29-24(18(2)33-26)19-9-4-3-5-10-19/h3-15H,16H2,1-2H3,(H,27,31)(H,28,29,30). The number of carbonyl (C=O) groups excluding carboxylic acids is 2. The Hall–Kier alpha value is -3.42. The third-order valence-corrected chi connectivity index (χ3v) is 6.86. The lowest BCUT2D eigenvalue weighted by Gasteiger charge is -2.08. The predicted octanol–water partition coefficient (Wildman–Crippen LogP) is 6.41. The number of nitrogens with zero attached hydrogens (tertiary/aromatic N) is 1. The van der Waals surface area contributed by atoms with Crippen molar-refractivity contribution in [3.63, 3.8) is 0 Å². The number of amides is 2. The average Bonchev–Trinajstić information content (AvgIpc) is 3.19. The van der Waals surface area contributed by atoms with Crippen molar-refractivity contribution in [1.29, 1.82) is 0 Å². The predicted molar refractivity (Wildman–Crippen MR) is 137 cm³/mol. The summed E-state index contributed by atoms with van der Waals surface area (Å²) in [6, 6.07) is 24.9. The van der Waals surface area contributed by atoms with E-state index in [0.717, 1.165) is 26.6 Å². The summed E-state index contributed by atoms with van der Waals surface area (Å²) in [5, 5.41) is 6.41. The van der Waals surface area contributed by atoms with Gasteiger partial charge < -0.3 is 10.6 Å². The highest BCUT2D eigenvalue weighted by molar-refractivity contribution is 8.00. The largest absolute Gasteiger partial charge is 0.322 e. The molecule has 0 aliphatic carbocycles. The van der Waals surface area contributed by atoms with Gasteiger partial charge >= 0.3 is 0 Å². The number of carbonyl (C=O) groups is 2. The van der Waals surface area contributed by atoms with Gasteiger partial charge in [0.25, 0.3) is 5.91 Å². The lowest BCUT2D eigenvalue weighted by molar-refractivity contribution is -0.113. The summed E-state index contributed by atoms with van der Waals surface area (Å²) in [6.45, 7) is 3.92. The molecular formula is C26H23N3O2S2. The molecule has 2 N–H and O–H groups in total. The van der Waals surface area contributed by atoms with Crippen molar-refractivity contribution in [2.24, 2.45) is 0 Å². The Morgan fingerprint density at radius 3 is 2.30 bits per heavy atom. The van der Waals surface area contributed by atoms with Crippen LogP contribution in [0.25, 0.3) is 11.3 Å². The van der Waals surface area contributed by atoms with Gasteiger partial charge in [0.05, 0.1) is 11.4 Å². The van der Waals surface area contributed by atoms with Crippen LogP contribution in [0.3, 0.4) is 0 Å². The fraction of sp³-hybridized carbons (Fsp3) is 0.115. The Balaban J connectivity index is 1.30. The zero-order chi connectivity index (χ0) is 23.2. The molecule has 1 aromatic heterocycles. The maximum Gasteiger partial charge on any atom is 0.255 e. The number of rotatable bonds is 7. The van der Waals surface area contributed by atoms with E-state index >= 15 is 0 Å². The molecule has 0 bridgehead atoms. The van der Waals surface area contributed by atoms with Crippen LogP contribution in [0, 0.1) is 13.8 Å². The van der Waals surface area contributed by atoms with Crippen molar-refractivity contribution in [2.75, 3.05) is 16.4 Å². The number of hydrogen-bond acceptors (Lipinski definition) is 5. The molecule has 0 aliphatic rings. The first-order valence-electron chi connectivity index (χ1n) is 10.4. The topological polar surface area (TPSA) is 71.1 Å². The van der Waals surface area contributed by atoms with Crippen LogP contribution < -0.4 is 10.6 Å². The molecular weight excluding hydrogens is 450 g/mol. The fourth-order valence-electron chi connectivity index (χ4n) is 3.28. The van der Waals surface area contributed by atoms with Gasteiger partial charge in [0, 0.05) is 26.6 Å². The molecule has 5 nitrogen and oxygen atoms in total. The normalized spacial score (nSPS) is 10.6. The molecule has 2 amide bonds. The summed E-state index contributed by atoms with van der Waals surface area (Å²) in [5.74, 6) is 0.0283. The number of thioether (sulfide) groups is 1. The van der Waals surface area contributed by atoms with Crippen LogP contribution in [0.5, 0.6) is 0 Å². The molecule has 0 radical (unpaired) electrons. The van der Waals surface area contributed by atoms with Crippen molar-refractivity contribution < 1.29 is 9.59 Å². The third kappa shape index (κ3) is 5.88. The van der Waals surface area contributed by atoms with E-state index in [-0.39, 0.29) is 17.6 Å². The second kappa shape index (κ2) is 10.5. The molecule has 0 fully saturated rings. The number of benzene rings is 3. The minimum atomic E-state index is -0.138. The van der Waals surface area contributed by atoms with E-state index in [4.69, 9.17) is 0 Å². The third-order valence-electron chi connectivity index (χ3n) is 4.96. The van der Waals surface area contributed by atoms with Crippen LogP contribution in [0.2, 0.25) is 0 Å². The first kappa shape index (κ1) is 22.8. The van der Waals surface area contributed by atoms with Gasteiger partial charge in [-0.2, -0.15) is 0 Å². The van der Waals surface area contributed by atoms with Crippen LogP contribution in [0.15, 0.2) is 83.8 Å². The number of aryl methyl sites for hydroxylation is 2. The van der Waals surface area contributed by atoms with Gasteiger partial charge in [0.1, 0.15) is 0 Å². The minimum Gasteiger partial charge on any atom is -0.322 e. The zero-order valence-electron chi connectivity index (χ0n) is 18.3. The summed E-state index contributed by atoms with van der Waals surface area (Å²) in [5.41, 5.74) is 4.23. The molecule has 0 spiro atoms. The van der Waals surface area contributed by atoms with Gasteiger partial charge in [-0.15, -0.1) is 23.1 Å². The first-order chi connectivity index (χ1) is 16.0. The van der Waals surface area contributed by atoms with E-state index in [9.17, 15) is 9.59 Å². The van der Waals surface area contributed by atoms with Crippen molar-refractivity contribution in [3.05, 3.63) is 94.9 Å². The van der Waals surface area contributed by atoms with Gasteiger partial charge in [-0.05, 0) is 49.7 Å². The molecule has 4 aromatic rings. The highest BCUT2D eigenvalue weighted by atomic mass is 32.2. The molecule has 0 saturated carbocycles. The fourth-order valence-corrected chi connectivity index (χ4v) is 4.83. The van der Waals surface area contributed by atoms with Crippen molar-refractivity contribution in [1.82, 2.24) is 4.98 Å². The van der Waals surface area contributed by atoms with Crippen LogP contribution in [-0.4, -0.2) is 22.6 Å². The van der Waals surface area contributed by atoms with Gasteiger partial charge in [-0.25, -0.2) is 4.98 Å². The van der Waals surface area contributed by atoms with Crippen LogP contribution in [-0.2, 0) is 4.79 Å². The summed E-state index contributed by atoms with van der Waals surface area (Å²) in [4.78, 5) is 31.5. The van der Waals surface area contributed by atoms with Gasteiger partial charge in [-0.1, -0.05) is 48.5 Å². The number of nitrogens with one attached hydrogen (secondary N) is 2. The first-order valence-corrected chi connectivity index (χ1v) is 12.2. The van der Waals surface area contributed by atoms with Crippen LogP contribution in [0.1, 0.15) is 20.8 Å². The number of anilines is 2. The Labute approximate surface area is 201 Å². The maximum absolute atomic E-state index is 12.5. The lowest BCUT2D eigenvalue weighted by Crippen LogP contribution is -2.14. The molecule has 0 aliphatic heterocycles. The Bertz CT molecular complexity index is 1270. The molecule has 1 heterocycles. The second-order valence-corrected chi connectivity index (χ2v) is 9.67. The molecule has 7 heteroatoms. The monoisotopic (exact) mass is 473 g/mol. The SMILES string of the molecule is Cc1ccccc1C(=O)Nc1ccc(SCC(=O)Nc2nc(-c3ccccc3)c(C)s2)cc1. The molecule has 33 heavy (non-hydrogen) atoms. The Kier molecular flexibility index (Phi) is 7.22. The summed E-state index contributed by atoms with van der Waals surface area (Å²) < 4.78 is 0.